The Balaban J connectivity index is 3.08. The summed E-state index contributed by atoms with van der Waals surface area (Å²) in [5.41, 5.74) is 2.78. The van der Waals surface area contributed by atoms with Crippen LogP contribution in [0.5, 0.6) is 5.75 Å². The fourth-order valence-corrected chi connectivity index (χ4v) is 2.35. The van der Waals surface area contributed by atoms with Crippen molar-refractivity contribution in [2.24, 2.45) is 0 Å². The number of halogens is 2. The Hall–Kier alpha value is -1.55. The lowest BCUT2D eigenvalue weighted by Crippen LogP contribution is -2.02. The van der Waals surface area contributed by atoms with Gasteiger partial charge in [-0.05, 0) is 44.7 Å². The molecule has 0 spiro atoms. The average Bonchev–Trinajstić information content (AvgIpc) is 2.45. The molecule has 0 amide bonds. The van der Waals surface area contributed by atoms with Gasteiger partial charge >= 0.3 is 5.97 Å². The Bertz CT molecular complexity index is 580. The number of methoxy groups -OCH3 is 1. The number of hydrogen-bond donors (Lipinski definition) is 1. The van der Waals surface area contributed by atoms with Crippen LogP contribution in [0.4, 0.5) is 4.39 Å². The van der Waals surface area contributed by atoms with E-state index in [1.165, 1.54) is 7.11 Å². The highest BCUT2D eigenvalue weighted by molar-refractivity contribution is 6.31. The molecule has 0 aliphatic heterocycles. The SMILES string of the molecule is COc1c(C)c(C)c(Cl)c(F)c1C/C=C(\C)CCC(=O)O. The van der Waals surface area contributed by atoms with Gasteiger partial charge in [-0.2, -0.15) is 0 Å². The summed E-state index contributed by atoms with van der Waals surface area (Å²) in [5.74, 6) is -0.823. The Morgan fingerprint density at radius 3 is 2.48 bits per heavy atom. The summed E-state index contributed by atoms with van der Waals surface area (Å²) in [4.78, 5) is 10.5. The van der Waals surface area contributed by atoms with Gasteiger partial charge in [-0.3, -0.25) is 4.79 Å². The fraction of sp³-hybridized carbons (Fsp3) is 0.438. The molecule has 0 radical (unpaired) electrons. The van der Waals surface area contributed by atoms with Crippen LogP contribution in [0, 0.1) is 19.7 Å². The lowest BCUT2D eigenvalue weighted by molar-refractivity contribution is -0.136. The molecule has 1 N–H and O–H groups in total. The molecule has 0 saturated carbocycles. The summed E-state index contributed by atoms with van der Waals surface area (Å²) in [6, 6.07) is 0. The van der Waals surface area contributed by atoms with Crippen LogP contribution >= 0.6 is 11.6 Å². The van der Waals surface area contributed by atoms with Gasteiger partial charge in [0, 0.05) is 12.0 Å². The van der Waals surface area contributed by atoms with Gasteiger partial charge in [0.2, 0.25) is 0 Å². The van der Waals surface area contributed by atoms with E-state index in [4.69, 9.17) is 21.4 Å². The maximum absolute atomic E-state index is 14.3. The van der Waals surface area contributed by atoms with Gasteiger partial charge < -0.3 is 9.84 Å². The molecule has 0 aliphatic rings. The predicted octanol–water partition coefficient (Wildman–Crippen LogP) is 4.46. The van der Waals surface area contributed by atoms with Gasteiger partial charge in [0.15, 0.2) is 0 Å². The summed E-state index contributed by atoms with van der Waals surface area (Å²) in [5, 5.41) is 8.76. The minimum Gasteiger partial charge on any atom is -0.496 e. The van der Waals surface area contributed by atoms with E-state index in [1.54, 1.807) is 6.92 Å². The number of hydrogen-bond acceptors (Lipinski definition) is 2. The largest absolute Gasteiger partial charge is 0.496 e. The fourth-order valence-electron chi connectivity index (χ4n) is 2.10. The van der Waals surface area contributed by atoms with Crippen LogP contribution < -0.4 is 4.74 Å². The molecule has 1 rings (SSSR count). The third-order valence-electron chi connectivity index (χ3n) is 3.56. The third-order valence-corrected chi connectivity index (χ3v) is 4.01. The van der Waals surface area contributed by atoms with E-state index in [0.717, 1.165) is 11.1 Å². The summed E-state index contributed by atoms with van der Waals surface area (Å²) in [7, 11) is 1.50. The second kappa shape index (κ2) is 7.46. The monoisotopic (exact) mass is 314 g/mol. The molecule has 0 aliphatic carbocycles. The zero-order valence-corrected chi connectivity index (χ0v) is 13.5. The van der Waals surface area contributed by atoms with E-state index in [2.05, 4.69) is 0 Å². The Morgan fingerprint density at radius 1 is 1.33 bits per heavy atom. The van der Waals surface area contributed by atoms with Crippen molar-refractivity contribution in [2.75, 3.05) is 7.11 Å². The van der Waals surface area contributed by atoms with E-state index < -0.39 is 11.8 Å². The molecule has 1 aromatic rings. The first-order chi connectivity index (χ1) is 9.79. The summed E-state index contributed by atoms with van der Waals surface area (Å²) in [6.45, 7) is 5.42. The Labute approximate surface area is 129 Å². The molecule has 3 nitrogen and oxygen atoms in total. The van der Waals surface area contributed by atoms with Crippen molar-refractivity contribution in [2.45, 2.75) is 40.0 Å². The maximum Gasteiger partial charge on any atom is 0.303 e. The van der Waals surface area contributed by atoms with E-state index in [0.29, 0.717) is 29.7 Å². The number of aliphatic carboxylic acids is 1. The van der Waals surface area contributed by atoms with Crippen molar-refractivity contribution in [3.05, 3.63) is 39.2 Å². The van der Waals surface area contributed by atoms with Crippen LogP contribution in [0.2, 0.25) is 5.02 Å². The smallest absolute Gasteiger partial charge is 0.303 e. The molecule has 0 aromatic heterocycles. The highest BCUT2D eigenvalue weighted by atomic mass is 35.5. The van der Waals surface area contributed by atoms with Crippen molar-refractivity contribution in [1.82, 2.24) is 0 Å². The highest BCUT2D eigenvalue weighted by Gasteiger charge is 2.18. The number of carboxylic acid groups (broad SMARTS) is 1. The molecule has 0 unspecified atom stereocenters. The number of rotatable bonds is 6. The van der Waals surface area contributed by atoms with Crippen molar-refractivity contribution in [3.8, 4) is 5.75 Å². The van der Waals surface area contributed by atoms with Crippen molar-refractivity contribution in [1.29, 1.82) is 0 Å². The zero-order valence-electron chi connectivity index (χ0n) is 12.7. The number of carboxylic acids is 1. The molecule has 5 heteroatoms. The molecular formula is C16H20ClFO3. The molecule has 21 heavy (non-hydrogen) atoms. The van der Waals surface area contributed by atoms with Gasteiger partial charge in [0.1, 0.15) is 11.6 Å². The predicted molar refractivity (Wildman–Crippen MR) is 81.8 cm³/mol. The van der Waals surface area contributed by atoms with Crippen LogP contribution in [-0.2, 0) is 11.2 Å². The number of carbonyl (C=O) groups is 1. The summed E-state index contributed by atoms with van der Waals surface area (Å²) >= 11 is 6.01. The number of benzene rings is 1. The molecule has 1 aromatic carbocycles. The normalized spacial score (nSPS) is 11.6. The Morgan fingerprint density at radius 2 is 1.95 bits per heavy atom. The average molecular weight is 315 g/mol. The quantitative estimate of drug-likeness (QED) is 0.789. The molecule has 0 fully saturated rings. The van der Waals surface area contributed by atoms with Crippen molar-refractivity contribution >= 4 is 17.6 Å². The molecule has 0 atom stereocenters. The van der Waals surface area contributed by atoms with Gasteiger partial charge in [0.05, 0.1) is 12.1 Å². The second-order valence-electron chi connectivity index (χ2n) is 5.04. The van der Waals surface area contributed by atoms with Gasteiger partial charge in [-0.15, -0.1) is 0 Å². The van der Waals surface area contributed by atoms with E-state index in [1.807, 2.05) is 19.9 Å². The van der Waals surface area contributed by atoms with Gasteiger partial charge in [-0.1, -0.05) is 23.3 Å². The van der Waals surface area contributed by atoms with E-state index in [-0.39, 0.29) is 11.4 Å². The third kappa shape index (κ3) is 4.21. The molecule has 0 heterocycles. The lowest BCUT2D eigenvalue weighted by atomic mass is 9.99. The minimum absolute atomic E-state index is 0.0651. The van der Waals surface area contributed by atoms with Crippen LogP contribution in [-0.4, -0.2) is 18.2 Å². The van der Waals surface area contributed by atoms with Crippen molar-refractivity contribution < 1.29 is 19.0 Å². The van der Waals surface area contributed by atoms with Crippen LogP contribution in [0.25, 0.3) is 0 Å². The minimum atomic E-state index is -0.847. The zero-order chi connectivity index (χ0) is 16.2. The first-order valence-electron chi connectivity index (χ1n) is 6.68. The number of ether oxygens (including phenoxy) is 1. The van der Waals surface area contributed by atoms with E-state index in [9.17, 15) is 9.18 Å². The number of allylic oxidation sites excluding steroid dienone is 2. The standard InChI is InChI=1S/C16H20ClFO3/c1-9(6-8-13(19)20)5-7-12-15(18)14(17)10(2)11(3)16(12)21-4/h5H,6-8H2,1-4H3,(H,19,20)/b9-5+. The lowest BCUT2D eigenvalue weighted by Gasteiger charge is -2.16. The second-order valence-corrected chi connectivity index (χ2v) is 5.42. The topological polar surface area (TPSA) is 46.5 Å². The van der Waals surface area contributed by atoms with Crippen LogP contribution in [0.15, 0.2) is 11.6 Å². The van der Waals surface area contributed by atoms with Crippen molar-refractivity contribution in [3.63, 3.8) is 0 Å². The first-order valence-corrected chi connectivity index (χ1v) is 7.05. The Kier molecular flexibility index (Phi) is 6.21. The van der Waals surface area contributed by atoms with Crippen LogP contribution in [0.3, 0.4) is 0 Å². The molecule has 0 saturated heterocycles. The van der Waals surface area contributed by atoms with Crippen LogP contribution in [0.1, 0.15) is 36.5 Å². The van der Waals surface area contributed by atoms with Gasteiger partial charge in [-0.25, -0.2) is 4.39 Å². The summed E-state index contributed by atoms with van der Waals surface area (Å²) < 4.78 is 19.6. The van der Waals surface area contributed by atoms with Gasteiger partial charge in [0.25, 0.3) is 0 Å². The summed E-state index contributed by atoms with van der Waals surface area (Å²) in [6.07, 6.45) is 2.64. The molecular weight excluding hydrogens is 295 g/mol. The first kappa shape index (κ1) is 17.5. The highest BCUT2D eigenvalue weighted by Crippen LogP contribution is 2.35. The molecule has 116 valence electrons. The maximum atomic E-state index is 14.3. The van der Waals surface area contributed by atoms with E-state index >= 15 is 0 Å². The molecule has 0 bridgehead atoms.